The molecule has 116 valence electrons. The number of aromatic nitrogens is 3. The van der Waals surface area contributed by atoms with E-state index in [1.807, 2.05) is 25.1 Å². The molecule has 1 unspecified atom stereocenters. The van der Waals surface area contributed by atoms with E-state index in [1.54, 1.807) is 19.4 Å². The van der Waals surface area contributed by atoms with Crippen LogP contribution in [-0.4, -0.2) is 41.7 Å². The summed E-state index contributed by atoms with van der Waals surface area (Å²) in [5.74, 6) is 2.86. The van der Waals surface area contributed by atoms with E-state index in [9.17, 15) is 0 Å². The van der Waals surface area contributed by atoms with Crippen LogP contribution < -0.4 is 15.0 Å². The zero-order chi connectivity index (χ0) is 15.4. The Kier molecular flexibility index (Phi) is 4.37. The summed E-state index contributed by atoms with van der Waals surface area (Å²) < 4.78 is 5.16. The van der Waals surface area contributed by atoms with Gasteiger partial charge >= 0.3 is 0 Å². The van der Waals surface area contributed by atoms with Gasteiger partial charge in [-0.2, -0.15) is 4.98 Å². The average Bonchev–Trinajstić information content (AvgIpc) is 3.02. The van der Waals surface area contributed by atoms with Crippen molar-refractivity contribution in [3.8, 4) is 5.88 Å². The molecule has 1 fully saturated rings. The molecular formula is C16H21N5O. The summed E-state index contributed by atoms with van der Waals surface area (Å²) in [5, 5.41) is 3.42. The lowest BCUT2D eigenvalue weighted by atomic mass is 10.1. The highest BCUT2D eigenvalue weighted by molar-refractivity contribution is 5.37. The molecule has 0 radical (unpaired) electrons. The maximum atomic E-state index is 5.16. The summed E-state index contributed by atoms with van der Waals surface area (Å²) >= 11 is 0. The van der Waals surface area contributed by atoms with Gasteiger partial charge in [0.2, 0.25) is 11.8 Å². The van der Waals surface area contributed by atoms with Crippen molar-refractivity contribution < 1.29 is 4.74 Å². The van der Waals surface area contributed by atoms with Crippen molar-refractivity contribution in [3.63, 3.8) is 0 Å². The molecular weight excluding hydrogens is 278 g/mol. The zero-order valence-corrected chi connectivity index (χ0v) is 13.0. The smallest absolute Gasteiger partial charge is 0.228 e. The van der Waals surface area contributed by atoms with E-state index in [2.05, 4.69) is 25.2 Å². The molecule has 2 aromatic heterocycles. The van der Waals surface area contributed by atoms with Crippen LogP contribution in [0.1, 0.15) is 12.1 Å². The lowest BCUT2D eigenvalue weighted by Gasteiger charge is -2.17. The van der Waals surface area contributed by atoms with Gasteiger partial charge in [-0.05, 0) is 31.4 Å². The molecule has 1 aliphatic rings. The minimum atomic E-state index is 0.567. The number of hydrogen-bond donors (Lipinski definition) is 1. The fourth-order valence-electron chi connectivity index (χ4n) is 2.67. The molecule has 22 heavy (non-hydrogen) atoms. The minimum Gasteiger partial charge on any atom is -0.481 e. The summed E-state index contributed by atoms with van der Waals surface area (Å²) in [5.41, 5.74) is 1.03. The standard InChI is InChI=1S/C16H21N5O/c1-12-4-3-5-14(19-12)18-10-13-7-9-21(11-13)16-17-8-6-15(20-16)22-2/h3-6,8,13H,7,9-11H2,1-2H3,(H,18,19). The molecule has 0 spiro atoms. The van der Waals surface area contributed by atoms with E-state index in [0.717, 1.165) is 43.5 Å². The van der Waals surface area contributed by atoms with Crippen LogP contribution >= 0.6 is 0 Å². The number of hydrogen-bond acceptors (Lipinski definition) is 6. The van der Waals surface area contributed by atoms with E-state index in [1.165, 1.54) is 0 Å². The summed E-state index contributed by atoms with van der Waals surface area (Å²) in [4.78, 5) is 15.4. The van der Waals surface area contributed by atoms with Crippen molar-refractivity contribution in [2.75, 3.05) is 37.0 Å². The van der Waals surface area contributed by atoms with Crippen LogP contribution in [-0.2, 0) is 0 Å². The zero-order valence-electron chi connectivity index (χ0n) is 13.0. The monoisotopic (exact) mass is 299 g/mol. The SMILES string of the molecule is COc1ccnc(N2CCC(CNc3cccc(C)n3)C2)n1. The molecule has 0 aliphatic carbocycles. The fraction of sp³-hybridized carbons (Fsp3) is 0.438. The number of aryl methyl sites for hydroxylation is 1. The number of nitrogens with zero attached hydrogens (tertiary/aromatic N) is 4. The highest BCUT2D eigenvalue weighted by Crippen LogP contribution is 2.22. The van der Waals surface area contributed by atoms with E-state index in [4.69, 9.17) is 4.74 Å². The third-order valence-corrected chi connectivity index (χ3v) is 3.86. The predicted octanol–water partition coefficient (Wildman–Crippen LogP) is 2.13. The van der Waals surface area contributed by atoms with Crippen molar-refractivity contribution >= 4 is 11.8 Å². The molecule has 0 aromatic carbocycles. The number of nitrogens with one attached hydrogen (secondary N) is 1. The van der Waals surface area contributed by atoms with Gasteiger partial charge in [-0.15, -0.1) is 0 Å². The normalized spacial score (nSPS) is 17.5. The Balaban J connectivity index is 1.55. The quantitative estimate of drug-likeness (QED) is 0.912. The van der Waals surface area contributed by atoms with Crippen LogP contribution in [0.5, 0.6) is 5.88 Å². The van der Waals surface area contributed by atoms with Gasteiger partial charge in [0.15, 0.2) is 0 Å². The maximum absolute atomic E-state index is 5.16. The number of methoxy groups -OCH3 is 1. The molecule has 6 nitrogen and oxygen atoms in total. The van der Waals surface area contributed by atoms with E-state index in [-0.39, 0.29) is 0 Å². The van der Waals surface area contributed by atoms with Gasteiger partial charge in [0, 0.05) is 37.6 Å². The second-order valence-corrected chi connectivity index (χ2v) is 5.54. The van der Waals surface area contributed by atoms with E-state index < -0.39 is 0 Å². The lowest BCUT2D eigenvalue weighted by molar-refractivity contribution is 0.397. The third-order valence-electron chi connectivity index (χ3n) is 3.86. The molecule has 1 N–H and O–H groups in total. The molecule has 1 atom stereocenters. The maximum Gasteiger partial charge on any atom is 0.228 e. The molecule has 3 rings (SSSR count). The fourth-order valence-corrected chi connectivity index (χ4v) is 2.67. The number of anilines is 2. The molecule has 0 bridgehead atoms. The van der Waals surface area contributed by atoms with Gasteiger partial charge in [0.05, 0.1) is 7.11 Å². The second kappa shape index (κ2) is 6.60. The second-order valence-electron chi connectivity index (χ2n) is 5.54. The van der Waals surface area contributed by atoms with Gasteiger partial charge in [0.1, 0.15) is 5.82 Å². The highest BCUT2D eigenvalue weighted by Gasteiger charge is 2.24. The lowest BCUT2D eigenvalue weighted by Crippen LogP contribution is -2.24. The first-order valence-corrected chi connectivity index (χ1v) is 7.54. The predicted molar refractivity (Wildman–Crippen MR) is 86.4 cm³/mol. The first kappa shape index (κ1) is 14.6. The van der Waals surface area contributed by atoms with Gasteiger partial charge in [0.25, 0.3) is 0 Å². The molecule has 0 saturated carbocycles. The molecule has 3 heterocycles. The summed E-state index contributed by atoms with van der Waals surface area (Å²) in [6, 6.07) is 7.80. The molecule has 2 aromatic rings. The molecule has 1 aliphatic heterocycles. The number of rotatable bonds is 5. The van der Waals surface area contributed by atoms with Crippen molar-refractivity contribution in [2.45, 2.75) is 13.3 Å². The molecule has 1 saturated heterocycles. The van der Waals surface area contributed by atoms with Crippen LogP contribution in [0.25, 0.3) is 0 Å². The first-order valence-electron chi connectivity index (χ1n) is 7.54. The van der Waals surface area contributed by atoms with E-state index >= 15 is 0 Å². The van der Waals surface area contributed by atoms with Crippen LogP contribution in [0, 0.1) is 12.8 Å². The van der Waals surface area contributed by atoms with E-state index in [0.29, 0.717) is 11.8 Å². The highest BCUT2D eigenvalue weighted by atomic mass is 16.5. The average molecular weight is 299 g/mol. The van der Waals surface area contributed by atoms with Crippen molar-refractivity contribution in [1.29, 1.82) is 0 Å². The van der Waals surface area contributed by atoms with Gasteiger partial charge in [-0.1, -0.05) is 6.07 Å². The minimum absolute atomic E-state index is 0.567. The van der Waals surface area contributed by atoms with Crippen molar-refractivity contribution in [1.82, 2.24) is 15.0 Å². The topological polar surface area (TPSA) is 63.2 Å². The Morgan fingerprint density at radius 2 is 2.23 bits per heavy atom. The van der Waals surface area contributed by atoms with Crippen molar-refractivity contribution in [2.24, 2.45) is 5.92 Å². The Morgan fingerprint density at radius 3 is 3.05 bits per heavy atom. The van der Waals surface area contributed by atoms with Crippen LogP contribution in [0.15, 0.2) is 30.5 Å². The Morgan fingerprint density at radius 1 is 1.32 bits per heavy atom. The first-order chi connectivity index (χ1) is 10.7. The Bertz CT molecular complexity index is 633. The van der Waals surface area contributed by atoms with Gasteiger partial charge in [-0.25, -0.2) is 9.97 Å². The van der Waals surface area contributed by atoms with Crippen LogP contribution in [0.3, 0.4) is 0 Å². The summed E-state index contributed by atoms with van der Waals surface area (Å²) in [6.45, 7) is 4.84. The Labute approximate surface area is 130 Å². The van der Waals surface area contributed by atoms with Gasteiger partial charge < -0.3 is 15.0 Å². The third kappa shape index (κ3) is 3.44. The van der Waals surface area contributed by atoms with Gasteiger partial charge in [-0.3, -0.25) is 0 Å². The largest absolute Gasteiger partial charge is 0.481 e. The van der Waals surface area contributed by atoms with Crippen molar-refractivity contribution in [3.05, 3.63) is 36.2 Å². The summed E-state index contributed by atoms with van der Waals surface area (Å²) in [6.07, 6.45) is 2.86. The number of pyridine rings is 1. The Hall–Kier alpha value is -2.37. The molecule has 0 amide bonds. The summed E-state index contributed by atoms with van der Waals surface area (Å²) in [7, 11) is 1.62. The van der Waals surface area contributed by atoms with Crippen LogP contribution in [0.4, 0.5) is 11.8 Å². The van der Waals surface area contributed by atoms with Crippen LogP contribution in [0.2, 0.25) is 0 Å². The molecule has 6 heteroatoms. The number of ether oxygens (including phenoxy) is 1.